The van der Waals surface area contributed by atoms with Crippen LogP contribution in [0.2, 0.25) is 0 Å². The van der Waals surface area contributed by atoms with E-state index in [-0.39, 0.29) is 17.3 Å². The van der Waals surface area contributed by atoms with Crippen LogP contribution in [0.1, 0.15) is 21.7 Å². The van der Waals surface area contributed by atoms with Gasteiger partial charge in [0.2, 0.25) is 11.6 Å². The minimum Gasteiger partial charge on any atom is -0.378 e. The highest BCUT2D eigenvalue weighted by atomic mass is 32.2. The molecule has 10 nitrogen and oxygen atoms in total. The summed E-state index contributed by atoms with van der Waals surface area (Å²) in [6, 6.07) is 15.4. The highest BCUT2D eigenvalue weighted by molar-refractivity contribution is 7.98. The maximum atomic E-state index is 13.3. The Balaban J connectivity index is 1.58. The van der Waals surface area contributed by atoms with Crippen LogP contribution in [0.25, 0.3) is 5.82 Å². The van der Waals surface area contributed by atoms with Gasteiger partial charge in [-0.1, -0.05) is 35.5 Å². The second-order valence-corrected chi connectivity index (χ2v) is 7.17. The molecule has 2 heterocycles. The number of hydrogen-bond acceptors (Lipinski definition) is 9. The van der Waals surface area contributed by atoms with Gasteiger partial charge in [0, 0.05) is 10.6 Å². The second-order valence-electron chi connectivity index (χ2n) is 6.13. The lowest BCUT2D eigenvalue weighted by Gasteiger charge is -2.05. The third-order valence-electron chi connectivity index (χ3n) is 4.02. The lowest BCUT2D eigenvalue weighted by molar-refractivity contribution is 0.0949. The van der Waals surface area contributed by atoms with Crippen molar-refractivity contribution >= 4 is 29.7 Å². The molecule has 0 aliphatic heterocycles. The number of anilines is 1. The van der Waals surface area contributed by atoms with Crippen molar-refractivity contribution in [1.82, 2.24) is 30.7 Å². The van der Waals surface area contributed by atoms with Crippen LogP contribution >= 0.6 is 11.8 Å². The summed E-state index contributed by atoms with van der Waals surface area (Å²) in [5.41, 5.74) is 9.09. The number of hydrogen-bond donors (Lipinski definition) is 2. The molecule has 0 aliphatic carbocycles. The summed E-state index contributed by atoms with van der Waals surface area (Å²) < 4.78 is 19.2. The van der Waals surface area contributed by atoms with Gasteiger partial charge in [0.25, 0.3) is 5.91 Å². The van der Waals surface area contributed by atoms with Gasteiger partial charge < -0.3 is 5.73 Å². The zero-order chi connectivity index (χ0) is 21.6. The first-order valence-corrected chi connectivity index (χ1v) is 9.90. The number of amides is 1. The number of thioether (sulfide) groups is 1. The zero-order valence-electron chi connectivity index (χ0n) is 15.8. The van der Waals surface area contributed by atoms with E-state index in [4.69, 9.17) is 5.73 Å². The first-order valence-electron chi connectivity index (χ1n) is 8.91. The number of nitrogens with two attached hydrogens (primary N) is 1. The number of benzene rings is 2. The molecule has 0 radical (unpaired) electrons. The summed E-state index contributed by atoms with van der Waals surface area (Å²) in [7, 11) is 0. The van der Waals surface area contributed by atoms with E-state index in [1.54, 1.807) is 12.1 Å². The first-order chi connectivity index (χ1) is 15.1. The van der Waals surface area contributed by atoms with Crippen molar-refractivity contribution in [2.45, 2.75) is 10.6 Å². The van der Waals surface area contributed by atoms with Gasteiger partial charge >= 0.3 is 0 Å². The van der Waals surface area contributed by atoms with Crippen molar-refractivity contribution in [3.05, 3.63) is 77.4 Å². The number of nitrogens with zero attached hydrogens (tertiary/aromatic N) is 6. The molecule has 0 saturated heterocycles. The Bertz CT molecular complexity index is 1220. The molecular formula is C19H15FN8O2S. The molecule has 0 bridgehead atoms. The van der Waals surface area contributed by atoms with Crippen LogP contribution < -0.4 is 11.2 Å². The number of nitrogen functional groups attached to an aromatic ring is 1. The fourth-order valence-electron chi connectivity index (χ4n) is 2.59. The maximum Gasteiger partial charge on any atom is 0.293 e. The highest BCUT2D eigenvalue weighted by Crippen LogP contribution is 2.25. The Hall–Kier alpha value is -4.06. The maximum absolute atomic E-state index is 13.3. The van der Waals surface area contributed by atoms with E-state index in [1.165, 1.54) is 34.8 Å². The average Bonchev–Trinajstić information content (AvgIpc) is 3.38. The third kappa shape index (κ3) is 4.75. The number of hydrazone groups is 1. The summed E-state index contributed by atoms with van der Waals surface area (Å²) in [4.78, 5) is 13.7. The molecule has 31 heavy (non-hydrogen) atoms. The Kier molecular flexibility index (Phi) is 5.98. The number of nitrogens with one attached hydrogen (secondary N) is 1. The molecular weight excluding hydrogens is 423 g/mol. The van der Waals surface area contributed by atoms with Crippen molar-refractivity contribution in [2.75, 3.05) is 5.73 Å². The summed E-state index contributed by atoms with van der Waals surface area (Å²) in [6.07, 6.45) is 1.32. The average molecular weight is 438 g/mol. The predicted molar refractivity (Wildman–Crippen MR) is 111 cm³/mol. The van der Waals surface area contributed by atoms with Crippen molar-refractivity contribution < 1.29 is 13.8 Å². The fraction of sp³-hybridized carbons (Fsp3) is 0.0526. The van der Waals surface area contributed by atoms with Crippen molar-refractivity contribution in [1.29, 1.82) is 0 Å². The van der Waals surface area contributed by atoms with Crippen LogP contribution in [0.3, 0.4) is 0 Å². The molecule has 2 aromatic carbocycles. The predicted octanol–water partition coefficient (Wildman–Crippen LogP) is 2.43. The lowest BCUT2D eigenvalue weighted by Crippen LogP contribution is -2.20. The molecule has 1 amide bonds. The molecule has 0 unspecified atom stereocenters. The standard InChI is InChI=1S/C19H15FN8O2S/c20-13-6-4-5-12(9-13)10-22-24-19(29)16-15(11-31-14-7-2-1-3-8-14)28(27-23-16)18-17(21)25-30-26-18/h1-10H,11H2,(H2,21,25)(H,24,29)/b22-10+. The molecule has 0 aliphatic rings. The largest absolute Gasteiger partial charge is 0.378 e. The number of carbonyl (C=O) groups excluding carboxylic acids is 1. The van der Waals surface area contributed by atoms with Crippen LogP contribution in [0, 0.1) is 5.82 Å². The van der Waals surface area contributed by atoms with Gasteiger partial charge in [-0.25, -0.2) is 14.4 Å². The zero-order valence-corrected chi connectivity index (χ0v) is 16.7. The molecule has 3 N–H and O–H groups in total. The van der Waals surface area contributed by atoms with E-state index in [1.807, 2.05) is 30.3 Å². The fourth-order valence-corrected chi connectivity index (χ4v) is 3.50. The van der Waals surface area contributed by atoms with Crippen LogP contribution in [0.5, 0.6) is 0 Å². The normalized spacial score (nSPS) is 11.1. The van der Waals surface area contributed by atoms with Crippen molar-refractivity contribution in [2.24, 2.45) is 5.10 Å². The van der Waals surface area contributed by atoms with Gasteiger partial charge in [0.1, 0.15) is 5.82 Å². The summed E-state index contributed by atoms with van der Waals surface area (Å²) >= 11 is 1.47. The molecule has 12 heteroatoms. The highest BCUT2D eigenvalue weighted by Gasteiger charge is 2.24. The Morgan fingerprint density at radius 1 is 1.23 bits per heavy atom. The summed E-state index contributed by atoms with van der Waals surface area (Å²) in [5, 5.41) is 19.1. The minimum absolute atomic E-state index is 0.00643. The van der Waals surface area contributed by atoms with Gasteiger partial charge in [0.15, 0.2) is 5.69 Å². The topological polar surface area (TPSA) is 137 Å². The third-order valence-corrected chi connectivity index (χ3v) is 5.04. The van der Waals surface area contributed by atoms with Crippen LogP contribution in [-0.2, 0) is 5.75 Å². The minimum atomic E-state index is -0.599. The Labute approximate surface area is 179 Å². The van der Waals surface area contributed by atoms with Crippen LogP contribution in [0.15, 0.2) is 69.2 Å². The second kappa shape index (κ2) is 9.17. The van der Waals surface area contributed by atoms with E-state index < -0.39 is 11.7 Å². The number of carbonyl (C=O) groups is 1. The molecule has 0 fully saturated rings. The van der Waals surface area contributed by atoms with Gasteiger partial charge in [-0.3, -0.25) is 4.79 Å². The molecule has 156 valence electrons. The smallest absolute Gasteiger partial charge is 0.293 e. The number of rotatable bonds is 7. The van der Waals surface area contributed by atoms with E-state index in [2.05, 4.69) is 35.8 Å². The number of aromatic nitrogens is 5. The van der Waals surface area contributed by atoms with Gasteiger partial charge in [-0.05, 0) is 40.1 Å². The van der Waals surface area contributed by atoms with Gasteiger partial charge in [-0.15, -0.1) is 16.9 Å². The molecule has 0 spiro atoms. The number of halogens is 1. The quantitative estimate of drug-likeness (QED) is 0.255. The molecule has 4 rings (SSSR count). The Morgan fingerprint density at radius 2 is 2.06 bits per heavy atom. The lowest BCUT2D eigenvalue weighted by atomic mass is 10.2. The van der Waals surface area contributed by atoms with Crippen LogP contribution in [-0.4, -0.2) is 37.4 Å². The SMILES string of the molecule is Nc1nonc1-n1nnc(C(=O)N/N=C/c2cccc(F)c2)c1CSc1ccccc1. The summed E-state index contributed by atoms with van der Waals surface area (Å²) in [5.74, 6) is -0.542. The Morgan fingerprint density at radius 3 is 2.81 bits per heavy atom. The van der Waals surface area contributed by atoms with E-state index in [0.29, 0.717) is 17.0 Å². The summed E-state index contributed by atoms with van der Waals surface area (Å²) in [6.45, 7) is 0. The van der Waals surface area contributed by atoms with Gasteiger partial charge in [0.05, 0.1) is 11.9 Å². The molecule has 0 saturated carbocycles. The molecule has 0 atom stereocenters. The van der Waals surface area contributed by atoms with Crippen LogP contribution in [0.4, 0.5) is 10.2 Å². The molecule has 2 aromatic heterocycles. The van der Waals surface area contributed by atoms with E-state index in [0.717, 1.165) is 4.90 Å². The van der Waals surface area contributed by atoms with E-state index in [9.17, 15) is 9.18 Å². The monoisotopic (exact) mass is 438 g/mol. The first kappa shape index (κ1) is 20.2. The molecule has 4 aromatic rings. The van der Waals surface area contributed by atoms with Crippen molar-refractivity contribution in [3.8, 4) is 5.82 Å². The van der Waals surface area contributed by atoms with E-state index >= 15 is 0 Å². The van der Waals surface area contributed by atoms with Gasteiger partial charge in [-0.2, -0.15) is 9.78 Å². The van der Waals surface area contributed by atoms with Crippen molar-refractivity contribution in [3.63, 3.8) is 0 Å².